The van der Waals surface area contributed by atoms with Gasteiger partial charge < -0.3 is 4.57 Å². The molecule has 0 N–H and O–H groups in total. The second kappa shape index (κ2) is 6.41. The van der Waals surface area contributed by atoms with Crippen LogP contribution in [0.25, 0.3) is 11.3 Å². The minimum Gasteiger partial charge on any atom is -0.308 e. The number of hydrogen-bond donors (Lipinski definition) is 0. The largest absolute Gasteiger partial charge is 0.308 e. The van der Waals surface area contributed by atoms with Crippen molar-refractivity contribution in [2.24, 2.45) is 0 Å². The van der Waals surface area contributed by atoms with Crippen molar-refractivity contribution in [2.45, 2.75) is 40.2 Å². The molecule has 2 aromatic rings. The monoisotopic (exact) mass is 280 g/mol. The van der Waals surface area contributed by atoms with Crippen LogP contribution in [0.2, 0.25) is 0 Å². The van der Waals surface area contributed by atoms with Gasteiger partial charge in [-0.05, 0) is 49.1 Å². The Bertz CT molecular complexity index is 751. The van der Waals surface area contributed by atoms with Crippen LogP contribution >= 0.6 is 0 Å². The SMILES string of the molecule is CCCn1c(-c2ccc(C)c(C)c2)ccc(CC#N)c1=O. The quantitative estimate of drug-likeness (QED) is 0.859. The van der Waals surface area contributed by atoms with Crippen molar-refractivity contribution < 1.29 is 0 Å². The van der Waals surface area contributed by atoms with Crippen LogP contribution in [-0.4, -0.2) is 4.57 Å². The zero-order valence-electron chi connectivity index (χ0n) is 12.8. The van der Waals surface area contributed by atoms with Gasteiger partial charge in [0.25, 0.3) is 5.56 Å². The van der Waals surface area contributed by atoms with Gasteiger partial charge in [0, 0.05) is 12.1 Å². The highest BCUT2D eigenvalue weighted by atomic mass is 16.1. The molecule has 0 unspecified atom stereocenters. The molecule has 0 bridgehead atoms. The lowest BCUT2D eigenvalue weighted by Gasteiger charge is -2.14. The summed E-state index contributed by atoms with van der Waals surface area (Å²) in [5, 5.41) is 8.82. The van der Waals surface area contributed by atoms with Gasteiger partial charge in [0.2, 0.25) is 0 Å². The molecule has 21 heavy (non-hydrogen) atoms. The topological polar surface area (TPSA) is 45.8 Å². The van der Waals surface area contributed by atoms with Crippen LogP contribution in [0.5, 0.6) is 0 Å². The molecular formula is C18H20N2O. The molecule has 0 radical (unpaired) electrons. The van der Waals surface area contributed by atoms with Crippen LogP contribution in [0.4, 0.5) is 0 Å². The molecule has 0 saturated carbocycles. The number of hydrogen-bond acceptors (Lipinski definition) is 2. The van der Waals surface area contributed by atoms with E-state index < -0.39 is 0 Å². The van der Waals surface area contributed by atoms with E-state index in [1.54, 1.807) is 10.6 Å². The normalized spacial score (nSPS) is 10.4. The summed E-state index contributed by atoms with van der Waals surface area (Å²) in [6.45, 7) is 6.87. The maximum absolute atomic E-state index is 12.5. The smallest absolute Gasteiger partial charge is 0.255 e. The lowest BCUT2D eigenvalue weighted by atomic mass is 10.0. The van der Waals surface area contributed by atoms with E-state index >= 15 is 0 Å². The predicted octanol–water partition coefficient (Wildman–Crippen LogP) is 3.61. The van der Waals surface area contributed by atoms with Gasteiger partial charge in [-0.2, -0.15) is 5.26 Å². The van der Waals surface area contributed by atoms with Gasteiger partial charge in [0.1, 0.15) is 0 Å². The molecule has 1 aromatic heterocycles. The van der Waals surface area contributed by atoms with E-state index in [1.165, 1.54) is 11.1 Å². The second-order valence-electron chi connectivity index (χ2n) is 5.33. The fourth-order valence-electron chi connectivity index (χ4n) is 2.44. The zero-order valence-corrected chi connectivity index (χ0v) is 12.8. The van der Waals surface area contributed by atoms with E-state index in [9.17, 15) is 4.79 Å². The summed E-state index contributed by atoms with van der Waals surface area (Å²) in [5.74, 6) is 0. The molecule has 0 spiro atoms. The van der Waals surface area contributed by atoms with E-state index in [0.717, 1.165) is 17.7 Å². The third-order valence-corrected chi connectivity index (χ3v) is 3.77. The number of pyridine rings is 1. The highest BCUT2D eigenvalue weighted by molar-refractivity contribution is 5.61. The molecular weight excluding hydrogens is 260 g/mol. The Labute approximate surface area is 125 Å². The maximum atomic E-state index is 12.5. The molecule has 0 saturated heterocycles. The zero-order chi connectivity index (χ0) is 15.4. The van der Waals surface area contributed by atoms with Gasteiger partial charge in [-0.25, -0.2) is 0 Å². The minimum absolute atomic E-state index is 0.0471. The van der Waals surface area contributed by atoms with Crippen LogP contribution in [0.3, 0.4) is 0 Å². The molecule has 0 amide bonds. The van der Waals surface area contributed by atoms with Crippen LogP contribution in [0.1, 0.15) is 30.0 Å². The molecule has 0 aliphatic heterocycles. The van der Waals surface area contributed by atoms with E-state index in [-0.39, 0.29) is 12.0 Å². The van der Waals surface area contributed by atoms with Crippen molar-refractivity contribution in [1.82, 2.24) is 4.57 Å². The number of nitrogens with zero attached hydrogens (tertiary/aromatic N) is 2. The Morgan fingerprint density at radius 2 is 1.90 bits per heavy atom. The third-order valence-electron chi connectivity index (χ3n) is 3.77. The van der Waals surface area contributed by atoms with Gasteiger partial charge >= 0.3 is 0 Å². The molecule has 3 nitrogen and oxygen atoms in total. The Hall–Kier alpha value is -2.34. The lowest BCUT2D eigenvalue weighted by molar-refractivity contribution is 0.656. The van der Waals surface area contributed by atoms with Crippen molar-refractivity contribution in [3.63, 3.8) is 0 Å². The first-order valence-electron chi connectivity index (χ1n) is 7.25. The van der Waals surface area contributed by atoms with E-state index in [1.807, 2.05) is 19.1 Å². The number of aromatic nitrogens is 1. The Morgan fingerprint density at radius 1 is 1.14 bits per heavy atom. The summed E-state index contributed by atoms with van der Waals surface area (Å²) in [7, 11) is 0. The van der Waals surface area contributed by atoms with Crippen molar-refractivity contribution in [3.8, 4) is 17.3 Å². The third kappa shape index (κ3) is 3.05. The maximum Gasteiger partial charge on any atom is 0.255 e. The van der Waals surface area contributed by atoms with Crippen LogP contribution in [0.15, 0.2) is 35.1 Å². The average Bonchev–Trinajstić information content (AvgIpc) is 2.47. The van der Waals surface area contributed by atoms with Crippen molar-refractivity contribution in [2.75, 3.05) is 0 Å². The van der Waals surface area contributed by atoms with Gasteiger partial charge in [0.05, 0.1) is 18.2 Å². The minimum atomic E-state index is -0.0471. The Morgan fingerprint density at radius 3 is 2.52 bits per heavy atom. The summed E-state index contributed by atoms with van der Waals surface area (Å²) in [4.78, 5) is 12.5. The van der Waals surface area contributed by atoms with Gasteiger partial charge in [0.15, 0.2) is 0 Å². The van der Waals surface area contributed by atoms with Crippen molar-refractivity contribution in [3.05, 3.63) is 57.4 Å². The predicted molar refractivity (Wildman–Crippen MR) is 85.2 cm³/mol. The Balaban J connectivity index is 2.62. The summed E-state index contributed by atoms with van der Waals surface area (Å²) in [5.41, 5.74) is 4.94. The molecule has 3 heteroatoms. The molecule has 0 atom stereocenters. The average molecular weight is 280 g/mol. The van der Waals surface area contributed by atoms with E-state index in [2.05, 4.69) is 32.0 Å². The highest BCUT2D eigenvalue weighted by Crippen LogP contribution is 2.22. The molecule has 1 aromatic carbocycles. The summed E-state index contributed by atoms with van der Waals surface area (Å²) < 4.78 is 1.79. The molecule has 108 valence electrons. The van der Waals surface area contributed by atoms with Gasteiger partial charge in [-0.15, -0.1) is 0 Å². The molecule has 0 fully saturated rings. The first-order chi connectivity index (χ1) is 10.1. The lowest BCUT2D eigenvalue weighted by Crippen LogP contribution is -2.25. The summed E-state index contributed by atoms with van der Waals surface area (Å²) in [6.07, 6.45) is 1.05. The number of nitriles is 1. The van der Waals surface area contributed by atoms with E-state index in [0.29, 0.717) is 12.1 Å². The standard InChI is InChI=1S/C18H20N2O/c1-4-11-20-17(8-7-15(9-10-19)18(20)21)16-6-5-13(2)14(3)12-16/h5-8,12H,4,9,11H2,1-3H3. The number of benzene rings is 1. The molecule has 0 aliphatic rings. The van der Waals surface area contributed by atoms with E-state index in [4.69, 9.17) is 5.26 Å². The van der Waals surface area contributed by atoms with Gasteiger partial charge in [-0.1, -0.05) is 25.1 Å². The first-order valence-corrected chi connectivity index (χ1v) is 7.25. The molecule has 1 heterocycles. The number of aryl methyl sites for hydroxylation is 2. The summed E-state index contributed by atoms with van der Waals surface area (Å²) >= 11 is 0. The van der Waals surface area contributed by atoms with Crippen LogP contribution in [-0.2, 0) is 13.0 Å². The highest BCUT2D eigenvalue weighted by Gasteiger charge is 2.10. The van der Waals surface area contributed by atoms with Crippen molar-refractivity contribution >= 4 is 0 Å². The Kier molecular flexibility index (Phi) is 4.59. The first kappa shape index (κ1) is 15.1. The van der Waals surface area contributed by atoms with Gasteiger partial charge in [-0.3, -0.25) is 4.79 Å². The second-order valence-corrected chi connectivity index (χ2v) is 5.33. The van der Waals surface area contributed by atoms with Crippen LogP contribution in [0, 0.1) is 25.2 Å². The fourth-order valence-corrected chi connectivity index (χ4v) is 2.44. The summed E-state index contributed by atoms with van der Waals surface area (Å²) in [6, 6.07) is 12.0. The molecule has 0 aliphatic carbocycles. The van der Waals surface area contributed by atoms with Crippen LogP contribution < -0.4 is 5.56 Å². The van der Waals surface area contributed by atoms with Crippen molar-refractivity contribution in [1.29, 1.82) is 5.26 Å². The molecule has 2 rings (SSSR count). The fraction of sp³-hybridized carbons (Fsp3) is 0.333. The number of rotatable bonds is 4.